The fourth-order valence-electron chi connectivity index (χ4n) is 1.82. The van der Waals surface area contributed by atoms with E-state index in [1.165, 1.54) is 12.8 Å². The molecule has 0 saturated heterocycles. The highest BCUT2D eigenvalue weighted by molar-refractivity contribution is 5.03. The third-order valence-electron chi connectivity index (χ3n) is 2.62. The number of aromatic nitrogens is 1. The normalized spacial score (nSPS) is 27.2. The van der Waals surface area contributed by atoms with Crippen LogP contribution in [-0.2, 0) is 6.54 Å². The van der Waals surface area contributed by atoms with Crippen LogP contribution in [0.3, 0.4) is 0 Å². The fraction of sp³-hybridized carbons (Fsp3) is 0.700. The topological polar surface area (TPSA) is 38.1 Å². The minimum atomic E-state index is 0.701. The van der Waals surface area contributed by atoms with Gasteiger partial charge in [0.2, 0.25) is 0 Å². The Hall–Kier alpha value is -0.830. The molecule has 0 aromatic carbocycles. The highest BCUT2D eigenvalue weighted by Gasteiger charge is 2.24. The zero-order valence-corrected chi connectivity index (χ0v) is 8.21. The van der Waals surface area contributed by atoms with Gasteiger partial charge in [-0.1, -0.05) is 12.1 Å². The summed E-state index contributed by atoms with van der Waals surface area (Å²) in [6.45, 7) is 5.05. The van der Waals surface area contributed by atoms with Crippen molar-refractivity contribution in [1.29, 1.82) is 0 Å². The van der Waals surface area contributed by atoms with Crippen LogP contribution in [0.5, 0.6) is 0 Å². The van der Waals surface area contributed by atoms with Gasteiger partial charge in [0.25, 0.3) is 0 Å². The van der Waals surface area contributed by atoms with Gasteiger partial charge in [-0.3, -0.25) is 0 Å². The smallest absolute Gasteiger partial charge is 0.133 e. The molecule has 3 nitrogen and oxygen atoms in total. The van der Waals surface area contributed by atoms with E-state index in [1.807, 2.05) is 13.0 Å². The first-order chi connectivity index (χ1) is 6.24. The molecule has 0 radical (unpaired) electrons. The maximum Gasteiger partial charge on any atom is 0.133 e. The maximum atomic E-state index is 4.98. The second-order valence-corrected chi connectivity index (χ2v) is 4.08. The molecular formula is C10H16N2O. The van der Waals surface area contributed by atoms with Gasteiger partial charge in [0.1, 0.15) is 5.76 Å². The zero-order chi connectivity index (χ0) is 9.26. The second kappa shape index (κ2) is 3.50. The van der Waals surface area contributed by atoms with Gasteiger partial charge in [0.15, 0.2) is 0 Å². The molecule has 1 aromatic heterocycles. The molecule has 1 fully saturated rings. The van der Waals surface area contributed by atoms with E-state index >= 15 is 0 Å². The highest BCUT2D eigenvalue weighted by atomic mass is 16.5. The van der Waals surface area contributed by atoms with E-state index in [9.17, 15) is 0 Å². The number of hydrogen-bond acceptors (Lipinski definition) is 3. The van der Waals surface area contributed by atoms with Crippen LogP contribution in [0, 0.1) is 12.8 Å². The van der Waals surface area contributed by atoms with Crippen LogP contribution in [0.2, 0.25) is 0 Å². The summed E-state index contributed by atoms with van der Waals surface area (Å²) < 4.78 is 4.98. The molecule has 1 N–H and O–H groups in total. The van der Waals surface area contributed by atoms with Crippen molar-refractivity contribution in [3.63, 3.8) is 0 Å². The Balaban J connectivity index is 1.74. The molecule has 72 valence electrons. The molecule has 0 bridgehead atoms. The molecule has 3 heteroatoms. The molecule has 1 heterocycles. The van der Waals surface area contributed by atoms with Crippen molar-refractivity contribution < 1.29 is 4.52 Å². The van der Waals surface area contributed by atoms with E-state index < -0.39 is 0 Å². The predicted molar refractivity (Wildman–Crippen MR) is 50.3 cm³/mol. The Bertz CT molecular complexity index is 276. The maximum absolute atomic E-state index is 4.98. The first kappa shape index (κ1) is 8.75. The lowest BCUT2D eigenvalue weighted by Gasteiger charge is -2.33. The van der Waals surface area contributed by atoms with E-state index in [0.717, 1.165) is 23.9 Å². The van der Waals surface area contributed by atoms with Gasteiger partial charge in [0, 0.05) is 18.7 Å². The Morgan fingerprint density at radius 2 is 2.38 bits per heavy atom. The van der Waals surface area contributed by atoms with Crippen LogP contribution < -0.4 is 5.32 Å². The molecule has 1 aromatic rings. The standard InChI is InChI=1S/C10H16N2O/c1-7-3-9(4-7)11-6-10-5-8(2)13-12-10/h5,7,9,11H,3-4,6H2,1-2H3. The first-order valence-electron chi connectivity index (χ1n) is 4.89. The van der Waals surface area contributed by atoms with E-state index in [0.29, 0.717) is 6.04 Å². The number of nitrogens with one attached hydrogen (secondary N) is 1. The average Bonchev–Trinajstić information content (AvgIpc) is 2.43. The van der Waals surface area contributed by atoms with E-state index in [2.05, 4.69) is 17.4 Å². The molecule has 1 aliphatic carbocycles. The van der Waals surface area contributed by atoms with Crippen LogP contribution in [0.1, 0.15) is 31.2 Å². The highest BCUT2D eigenvalue weighted by Crippen LogP contribution is 2.26. The summed E-state index contributed by atoms with van der Waals surface area (Å²) in [5.41, 5.74) is 1.01. The van der Waals surface area contributed by atoms with Crippen molar-refractivity contribution in [2.75, 3.05) is 0 Å². The number of aryl methyl sites for hydroxylation is 1. The van der Waals surface area contributed by atoms with Crippen LogP contribution in [0.25, 0.3) is 0 Å². The summed E-state index contributed by atoms with van der Waals surface area (Å²) in [6.07, 6.45) is 2.60. The van der Waals surface area contributed by atoms with Gasteiger partial charge in [-0.05, 0) is 25.7 Å². The Labute approximate surface area is 78.5 Å². The van der Waals surface area contributed by atoms with Gasteiger partial charge >= 0.3 is 0 Å². The van der Waals surface area contributed by atoms with Crippen LogP contribution in [0.15, 0.2) is 10.6 Å². The third kappa shape index (κ3) is 2.10. The van der Waals surface area contributed by atoms with Crippen LogP contribution in [-0.4, -0.2) is 11.2 Å². The minimum Gasteiger partial charge on any atom is -0.361 e. The van der Waals surface area contributed by atoms with Crippen molar-refractivity contribution in [2.45, 2.75) is 39.3 Å². The van der Waals surface area contributed by atoms with E-state index in [1.54, 1.807) is 0 Å². The van der Waals surface area contributed by atoms with Crippen molar-refractivity contribution in [2.24, 2.45) is 5.92 Å². The van der Waals surface area contributed by atoms with Gasteiger partial charge in [-0.15, -0.1) is 0 Å². The predicted octanol–water partition coefficient (Wildman–Crippen LogP) is 1.87. The van der Waals surface area contributed by atoms with Gasteiger partial charge in [-0.25, -0.2) is 0 Å². The Morgan fingerprint density at radius 3 is 2.92 bits per heavy atom. The molecule has 1 aliphatic rings. The first-order valence-corrected chi connectivity index (χ1v) is 4.89. The summed E-state index contributed by atoms with van der Waals surface area (Å²) in [5.74, 6) is 1.79. The van der Waals surface area contributed by atoms with Gasteiger partial charge in [-0.2, -0.15) is 0 Å². The summed E-state index contributed by atoms with van der Waals surface area (Å²) in [5, 5.41) is 7.38. The van der Waals surface area contributed by atoms with Crippen molar-refractivity contribution in [3.05, 3.63) is 17.5 Å². The molecular weight excluding hydrogens is 164 g/mol. The lowest BCUT2D eigenvalue weighted by atomic mass is 9.82. The second-order valence-electron chi connectivity index (χ2n) is 4.08. The van der Waals surface area contributed by atoms with Crippen LogP contribution >= 0.6 is 0 Å². The summed E-state index contributed by atoms with van der Waals surface area (Å²) in [4.78, 5) is 0. The quantitative estimate of drug-likeness (QED) is 0.771. The number of rotatable bonds is 3. The zero-order valence-electron chi connectivity index (χ0n) is 8.21. The molecule has 0 unspecified atom stereocenters. The molecule has 2 rings (SSSR count). The molecule has 13 heavy (non-hydrogen) atoms. The van der Waals surface area contributed by atoms with Gasteiger partial charge < -0.3 is 9.84 Å². The summed E-state index contributed by atoms with van der Waals surface area (Å²) in [6, 6.07) is 2.68. The Kier molecular flexibility index (Phi) is 2.36. The van der Waals surface area contributed by atoms with Crippen molar-refractivity contribution in [1.82, 2.24) is 10.5 Å². The fourth-order valence-corrected chi connectivity index (χ4v) is 1.82. The number of hydrogen-bond donors (Lipinski definition) is 1. The summed E-state index contributed by atoms with van der Waals surface area (Å²) >= 11 is 0. The molecule has 0 atom stereocenters. The third-order valence-corrected chi connectivity index (χ3v) is 2.62. The monoisotopic (exact) mass is 180 g/mol. The molecule has 1 saturated carbocycles. The summed E-state index contributed by atoms with van der Waals surface area (Å²) in [7, 11) is 0. The minimum absolute atomic E-state index is 0.701. The van der Waals surface area contributed by atoms with Crippen molar-refractivity contribution in [3.8, 4) is 0 Å². The largest absolute Gasteiger partial charge is 0.361 e. The van der Waals surface area contributed by atoms with E-state index in [4.69, 9.17) is 4.52 Å². The molecule has 0 aliphatic heterocycles. The van der Waals surface area contributed by atoms with Crippen molar-refractivity contribution >= 4 is 0 Å². The van der Waals surface area contributed by atoms with Crippen LogP contribution in [0.4, 0.5) is 0 Å². The van der Waals surface area contributed by atoms with Gasteiger partial charge in [0.05, 0.1) is 5.69 Å². The number of nitrogens with zero attached hydrogens (tertiary/aromatic N) is 1. The lowest BCUT2D eigenvalue weighted by molar-refractivity contribution is 0.238. The van der Waals surface area contributed by atoms with E-state index in [-0.39, 0.29) is 0 Å². The lowest BCUT2D eigenvalue weighted by Crippen LogP contribution is -2.39. The average molecular weight is 180 g/mol. The Morgan fingerprint density at radius 1 is 1.62 bits per heavy atom. The SMILES string of the molecule is Cc1cc(CNC2CC(C)C2)no1. The molecule has 0 spiro atoms. The molecule has 0 amide bonds.